The highest BCUT2D eigenvalue weighted by molar-refractivity contribution is 5.29. The van der Waals surface area contributed by atoms with Crippen molar-refractivity contribution in [3.8, 4) is 5.75 Å². The quantitative estimate of drug-likeness (QED) is 0.870. The average Bonchev–Trinajstić information content (AvgIpc) is 2.56. The number of methoxy groups -OCH3 is 1. The Labute approximate surface area is 132 Å². The molecule has 116 valence electrons. The van der Waals surface area contributed by atoms with Gasteiger partial charge in [0.15, 0.2) is 0 Å². The van der Waals surface area contributed by atoms with E-state index < -0.39 is 0 Å². The van der Waals surface area contributed by atoms with Crippen molar-refractivity contribution in [2.45, 2.75) is 25.2 Å². The molecule has 1 aromatic heterocycles. The molecule has 1 fully saturated rings. The third kappa shape index (κ3) is 3.63. The second-order valence-electron chi connectivity index (χ2n) is 6.06. The summed E-state index contributed by atoms with van der Waals surface area (Å²) in [6, 6.07) is 8.11. The van der Waals surface area contributed by atoms with Crippen molar-refractivity contribution < 1.29 is 4.74 Å². The van der Waals surface area contributed by atoms with Gasteiger partial charge in [-0.15, -0.1) is 0 Å². The molecule has 2 aromatic rings. The van der Waals surface area contributed by atoms with Crippen LogP contribution in [-0.2, 0) is 6.42 Å². The monoisotopic (exact) mass is 297 g/mol. The van der Waals surface area contributed by atoms with Crippen LogP contribution >= 0.6 is 0 Å². The second kappa shape index (κ2) is 6.88. The highest BCUT2D eigenvalue weighted by Crippen LogP contribution is 2.24. The normalized spacial score (nSPS) is 19.1. The van der Waals surface area contributed by atoms with Crippen LogP contribution in [0.4, 0.5) is 0 Å². The first-order valence-corrected chi connectivity index (χ1v) is 7.87. The van der Waals surface area contributed by atoms with Crippen LogP contribution in [0.15, 0.2) is 36.7 Å². The van der Waals surface area contributed by atoms with Gasteiger partial charge in [-0.1, -0.05) is 12.1 Å². The van der Waals surface area contributed by atoms with Gasteiger partial charge in [-0.05, 0) is 44.1 Å². The summed E-state index contributed by atoms with van der Waals surface area (Å²) >= 11 is 0. The van der Waals surface area contributed by atoms with Crippen molar-refractivity contribution in [3.63, 3.8) is 0 Å². The maximum absolute atomic E-state index is 5.18. The van der Waals surface area contributed by atoms with Gasteiger partial charge in [-0.25, -0.2) is 0 Å². The minimum Gasteiger partial charge on any atom is -0.497 e. The van der Waals surface area contributed by atoms with Crippen LogP contribution in [0, 0.1) is 0 Å². The van der Waals surface area contributed by atoms with E-state index in [1.54, 1.807) is 7.11 Å². The fraction of sp³-hybridized carbons (Fsp3) is 0.444. The highest BCUT2D eigenvalue weighted by atomic mass is 16.5. The Morgan fingerprint density at radius 1 is 1.18 bits per heavy atom. The Balaban J connectivity index is 1.65. The Bertz CT molecular complexity index is 595. The number of aromatic nitrogens is 2. The minimum atomic E-state index is 0.529. The fourth-order valence-corrected chi connectivity index (χ4v) is 3.03. The third-order valence-corrected chi connectivity index (χ3v) is 4.31. The van der Waals surface area contributed by atoms with E-state index in [0.29, 0.717) is 5.92 Å². The Kier molecular flexibility index (Phi) is 4.68. The zero-order valence-electron chi connectivity index (χ0n) is 13.3. The zero-order chi connectivity index (χ0) is 15.4. The summed E-state index contributed by atoms with van der Waals surface area (Å²) in [5, 5.41) is 0. The number of nitrogens with zero attached hydrogens (tertiary/aromatic N) is 3. The molecule has 0 bridgehead atoms. The van der Waals surface area contributed by atoms with Crippen molar-refractivity contribution in [3.05, 3.63) is 53.6 Å². The molecule has 0 aliphatic carbocycles. The molecule has 0 N–H and O–H groups in total. The molecule has 4 nitrogen and oxygen atoms in total. The maximum Gasteiger partial charge on any atom is 0.118 e. The molecule has 1 unspecified atom stereocenters. The fourth-order valence-electron chi connectivity index (χ4n) is 3.03. The molecule has 1 atom stereocenters. The van der Waals surface area contributed by atoms with E-state index in [1.807, 2.05) is 24.5 Å². The number of rotatable bonds is 4. The SMILES string of the molecule is COc1ccc(Cc2cnc(C3CCCN(C)C3)cn2)cc1. The van der Waals surface area contributed by atoms with Crippen molar-refractivity contribution in [2.24, 2.45) is 0 Å². The third-order valence-electron chi connectivity index (χ3n) is 4.31. The van der Waals surface area contributed by atoms with Crippen LogP contribution in [0.25, 0.3) is 0 Å². The maximum atomic E-state index is 5.18. The first-order chi connectivity index (χ1) is 10.7. The number of piperidine rings is 1. The number of likely N-dealkylation sites (N-methyl/N-ethyl adjacent to an activating group) is 1. The van der Waals surface area contributed by atoms with Crippen LogP contribution in [0.2, 0.25) is 0 Å². The van der Waals surface area contributed by atoms with Gasteiger partial charge in [-0.3, -0.25) is 9.97 Å². The van der Waals surface area contributed by atoms with Gasteiger partial charge in [-0.2, -0.15) is 0 Å². The summed E-state index contributed by atoms with van der Waals surface area (Å²) in [7, 11) is 3.86. The molecule has 0 saturated carbocycles. The van der Waals surface area contributed by atoms with Crippen LogP contribution in [0.3, 0.4) is 0 Å². The van der Waals surface area contributed by atoms with E-state index in [4.69, 9.17) is 4.74 Å². The number of hydrogen-bond acceptors (Lipinski definition) is 4. The molecule has 1 saturated heterocycles. The van der Waals surface area contributed by atoms with Gasteiger partial charge in [0, 0.05) is 31.3 Å². The summed E-state index contributed by atoms with van der Waals surface area (Å²) in [5.41, 5.74) is 3.36. The van der Waals surface area contributed by atoms with Gasteiger partial charge in [0.1, 0.15) is 5.75 Å². The van der Waals surface area contributed by atoms with Crippen molar-refractivity contribution in [1.82, 2.24) is 14.9 Å². The summed E-state index contributed by atoms with van der Waals surface area (Å²) in [5.74, 6) is 1.41. The molecule has 0 amide bonds. The Morgan fingerprint density at radius 3 is 2.64 bits per heavy atom. The number of benzene rings is 1. The standard InChI is InChI=1S/C18H23N3O/c1-21-9-3-4-15(13-21)18-12-19-16(11-20-18)10-14-5-7-17(22-2)8-6-14/h5-8,11-12,15H,3-4,9-10,13H2,1-2H3. The summed E-state index contributed by atoms with van der Waals surface area (Å²) in [6.07, 6.45) is 7.16. The molecule has 1 aliphatic heterocycles. The van der Waals surface area contributed by atoms with E-state index in [-0.39, 0.29) is 0 Å². The van der Waals surface area contributed by atoms with Crippen LogP contribution in [0.1, 0.15) is 35.7 Å². The number of hydrogen-bond donors (Lipinski definition) is 0. The van der Waals surface area contributed by atoms with E-state index in [1.165, 1.54) is 24.9 Å². The lowest BCUT2D eigenvalue weighted by Gasteiger charge is -2.29. The summed E-state index contributed by atoms with van der Waals surface area (Å²) < 4.78 is 5.18. The molecule has 1 aromatic carbocycles. The molecule has 4 heteroatoms. The first kappa shape index (κ1) is 15.0. The van der Waals surface area contributed by atoms with Crippen molar-refractivity contribution >= 4 is 0 Å². The topological polar surface area (TPSA) is 38.2 Å². The molecule has 22 heavy (non-hydrogen) atoms. The van der Waals surface area contributed by atoms with E-state index in [9.17, 15) is 0 Å². The lowest BCUT2D eigenvalue weighted by Crippen LogP contribution is -2.31. The molecule has 3 rings (SSSR count). The summed E-state index contributed by atoms with van der Waals surface area (Å²) in [4.78, 5) is 11.6. The van der Waals surface area contributed by atoms with Gasteiger partial charge in [0.05, 0.1) is 18.5 Å². The Morgan fingerprint density at radius 2 is 2.00 bits per heavy atom. The first-order valence-electron chi connectivity index (χ1n) is 7.87. The van der Waals surface area contributed by atoms with E-state index in [2.05, 4.69) is 34.0 Å². The van der Waals surface area contributed by atoms with Crippen LogP contribution < -0.4 is 4.74 Å². The molecule has 2 heterocycles. The van der Waals surface area contributed by atoms with Gasteiger partial charge in [0.25, 0.3) is 0 Å². The number of likely N-dealkylation sites (tertiary alicyclic amines) is 1. The van der Waals surface area contributed by atoms with E-state index >= 15 is 0 Å². The average molecular weight is 297 g/mol. The van der Waals surface area contributed by atoms with Crippen molar-refractivity contribution in [2.75, 3.05) is 27.2 Å². The second-order valence-corrected chi connectivity index (χ2v) is 6.06. The van der Waals surface area contributed by atoms with Crippen LogP contribution in [-0.4, -0.2) is 42.1 Å². The number of ether oxygens (including phenoxy) is 1. The lowest BCUT2D eigenvalue weighted by molar-refractivity contribution is 0.248. The Hall–Kier alpha value is -1.94. The largest absolute Gasteiger partial charge is 0.497 e. The van der Waals surface area contributed by atoms with Crippen LogP contribution in [0.5, 0.6) is 5.75 Å². The predicted octanol–water partition coefficient (Wildman–Crippen LogP) is 2.89. The predicted molar refractivity (Wildman–Crippen MR) is 87.3 cm³/mol. The molecule has 1 aliphatic rings. The zero-order valence-corrected chi connectivity index (χ0v) is 13.3. The van der Waals surface area contributed by atoms with Gasteiger partial charge in [0.2, 0.25) is 0 Å². The lowest BCUT2D eigenvalue weighted by atomic mass is 9.95. The van der Waals surface area contributed by atoms with Gasteiger partial charge < -0.3 is 9.64 Å². The minimum absolute atomic E-state index is 0.529. The molecule has 0 radical (unpaired) electrons. The molecular formula is C18H23N3O. The highest BCUT2D eigenvalue weighted by Gasteiger charge is 2.20. The van der Waals surface area contributed by atoms with E-state index in [0.717, 1.165) is 30.1 Å². The summed E-state index contributed by atoms with van der Waals surface area (Å²) in [6.45, 7) is 2.28. The van der Waals surface area contributed by atoms with Crippen molar-refractivity contribution in [1.29, 1.82) is 0 Å². The molecule has 0 spiro atoms. The smallest absolute Gasteiger partial charge is 0.118 e. The van der Waals surface area contributed by atoms with Gasteiger partial charge >= 0.3 is 0 Å². The molecular weight excluding hydrogens is 274 g/mol.